The zero-order chi connectivity index (χ0) is 10.9. The molecule has 1 aromatic rings. The predicted molar refractivity (Wildman–Crippen MR) is 59.2 cm³/mol. The molecule has 78 valence electrons. The Bertz CT molecular complexity index is 332. The predicted octanol–water partition coefficient (Wildman–Crippen LogP) is 3.99. The van der Waals surface area contributed by atoms with Crippen LogP contribution in [0.5, 0.6) is 0 Å². The van der Waals surface area contributed by atoms with E-state index in [1.807, 2.05) is 26.0 Å². The molecule has 0 unspecified atom stereocenters. The second kappa shape index (κ2) is 3.72. The van der Waals surface area contributed by atoms with E-state index < -0.39 is 0 Å². The van der Waals surface area contributed by atoms with Gasteiger partial charge < -0.3 is 0 Å². The summed E-state index contributed by atoms with van der Waals surface area (Å²) in [7, 11) is 0. The van der Waals surface area contributed by atoms with Crippen LogP contribution in [0.15, 0.2) is 12.1 Å². The first-order valence-electron chi connectivity index (χ1n) is 5.15. The topological polar surface area (TPSA) is 0 Å². The van der Waals surface area contributed by atoms with Crippen LogP contribution in [0.3, 0.4) is 0 Å². The molecule has 14 heavy (non-hydrogen) atoms. The smallest absolute Gasteiger partial charge is 0.129 e. The molecule has 0 heterocycles. The average molecular weight is 194 g/mol. The third-order valence-electron chi connectivity index (χ3n) is 2.58. The highest BCUT2D eigenvalue weighted by atomic mass is 19.1. The van der Waals surface area contributed by atoms with Crippen LogP contribution in [0.4, 0.5) is 4.39 Å². The summed E-state index contributed by atoms with van der Waals surface area (Å²) >= 11 is 0. The van der Waals surface area contributed by atoms with Gasteiger partial charge in [0.05, 0.1) is 0 Å². The van der Waals surface area contributed by atoms with E-state index in [2.05, 4.69) is 20.8 Å². The van der Waals surface area contributed by atoms with Gasteiger partial charge in [0.1, 0.15) is 5.82 Å². The SMILES string of the molecule is CCc1cc(C(C)(C)C)cc(C)c1F. The van der Waals surface area contributed by atoms with Gasteiger partial charge >= 0.3 is 0 Å². The fraction of sp³-hybridized carbons (Fsp3) is 0.538. The zero-order valence-corrected chi connectivity index (χ0v) is 9.74. The molecule has 1 aromatic carbocycles. The molecule has 0 atom stereocenters. The zero-order valence-electron chi connectivity index (χ0n) is 9.74. The van der Waals surface area contributed by atoms with Crippen molar-refractivity contribution in [3.05, 3.63) is 34.6 Å². The summed E-state index contributed by atoms with van der Waals surface area (Å²) in [6, 6.07) is 3.94. The van der Waals surface area contributed by atoms with E-state index in [1.165, 1.54) is 5.56 Å². The fourth-order valence-electron chi connectivity index (χ4n) is 1.53. The molecule has 0 aliphatic carbocycles. The minimum Gasteiger partial charge on any atom is -0.206 e. The molecule has 1 rings (SSSR count). The van der Waals surface area contributed by atoms with Gasteiger partial charge in [0.15, 0.2) is 0 Å². The summed E-state index contributed by atoms with van der Waals surface area (Å²) in [5, 5.41) is 0. The number of aryl methyl sites for hydroxylation is 2. The monoisotopic (exact) mass is 194 g/mol. The Morgan fingerprint density at radius 3 is 2.21 bits per heavy atom. The summed E-state index contributed by atoms with van der Waals surface area (Å²) in [4.78, 5) is 0. The van der Waals surface area contributed by atoms with Crippen molar-refractivity contribution in [2.45, 2.75) is 46.5 Å². The molecule has 0 N–H and O–H groups in total. The van der Waals surface area contributed by atoms with E-state index in [4.69, 9.17) is 0 Å². The largest absolute Gasteiger partial charge is 0.206 e. The maximum atomic E-state index is 13.6. The highest BCUT2D eigenvalue weighted by molar-refractivity contribution is 5.34. The highest BCUT2D eigenvalue weighted by Crippen LogP contribution is 2.26. The molecule has 1 heteroatoms. The lowest BCUT2D eigenvalue weighted by Gasteiger charge is -2.21. The Labute approximate surface area is 86.2 Å². The first-order valence-corrected chi connectivity index (χ1v) is 5.15. The van der Waals surface area contributed by atoms with E-state index in [-0.39, 0.29) is 11.2 Å². The van der Waals surface area contributed by atoms with Gasteiger partial charge in [-0.1, -0.05) is 39.8 Å². The Morgan fingerprint density at radius 1 is 1.21 bits per heavy atom. The summed E-state index contributed by atoms with van der Waals surface area (Å²) in [6.45, 7) is 10.3. The van der Waals surface area contributed by atoms with Crippen LogP contribution in [-0.2, 0) is 11.8 Å². The Kier molecular flexibility index (Phi) is 2.98. The Hall–Kier alpha value is -0.850. The molecule has 0 radical (unpaired) electrons. The van der Waals surface area contributed by atoms with Crippen molar-refractivity contribution in [1.82, 2.24) is 0 Å². The molecule has 0 aliphatic heterocycles. The van der Waals surface area contributed by atoms with Crippen LogP contribution < -0.4 is 0 Å². The molecule has 0 nitrogen and oxygen atoms in total. The first kappa shape index (κ1) is 11.2. The third kappa shape index (κ3) is 2.14. The van der Waals surface area contributed by atoms with E-state index in [0.29, 0.717) is 0 Å². The number of rotatable bonds is 1. The van der Waals surface area contributed by atoms with Crippen molar-refractivity contribution in [1.29, 1.82) is 0 Å². The maximum absolute atomic E-state index is 13.6. The van der Waals surface area contributed by atoms with Crippen molar-refractivity contribution in [3.63, 3.8) is 0 Å². The van der Waals surface area contributed by atoms with Crippen molar-refractivity contribution in [2.75, 3.05) is 0 Å². The molecule has 0 spiro atoms. The van der Waals surface area contributed by atoms with E-state index in [1.54, 1.807) is 0 Å². The molecule has 0 aliphatic rings. The van der Waals surface area contributed by atoms with Crippen LogP contribution in [0.1, 0.15) is 44.4 Å². The molecule has 0 bridgehead atoms. The van der Waals surface area contributed by atoms with Gasteiger partial charge in [-0.3, -0.25) is 0 Å². The van der Waals surface area contributed by atoms with Gasteiger partial charge in [0.25, 0.3) is 0 Å². The minimum absolute atomic E-state index is 0.0412. The number of hydrogen-bond donors (Lipinski definition) is 0. The molecular weight excluding hydrogens is 175 g/mol. The van der Waals surface area contributed by atoms with Gasteiger partial charge in [-0.15, -0.1) is 0 Å². The first-order chi connectivity index (χ1) is 6.36. The fourth-order valence-corrected chi connectivity index (χ4v) is 1.53. The van der Waals surface area contributed by atoms with Gasteiger partial charge in [-0.05, 0) is 35.4 Å². The summed E-state index contributed by atoms with van der Waals surface area (Å²) in [6.07, 6.45) is 0.761. The lowest BCUT2D eigenvalue weighted by molar-refractivity contribution is 0.572. The number of benzene rings is 1. The molecule has 0 saturated carbocycles. The Morgan fingerprint density at radius 2 is 1.79 bits per heavy atom. The van der Waals surface area contributed by atoms with Gasteiger partial charge in [0, 0.05) is 0 Å². The van der Waals surface area contributed by atoms with Crippen molar-refractivity contribution in [2.24, 2.45) is 0 Å². The average Bonchev–Trinajstić information content (AvgIpc) is 2.07. The molecule has 0 aromatic heterocycles. The minimum atomic E-state index is -0.0412. The van der Waals surface area contributed by atoms with E-state index >= 15 is 0 Å². The second-order valence-corrected chi connectivity index (χ2v) is 4.87. The third-order valence-corrected chi connectivity index (χ3v) is 2.58. The van der Waals surface area contributed by atoms with E-state index in [0.717, 1.165) is 17.5 Å². The van der Waals surface area contributed by atoms with Crippen LogP contribution in [0.25, 0.3) is 0 Å². The van der Waals surface area contributed by atoms with Crippen LogP contribution >= 0.6 is 0 Å². The second-order valence-electron chi connectivity index (χ2n) is 4.87. The Balaban J connectivity index is 3.30. The summed E-state index contributed by atoms with van der Waals surface area (Å²) < 4.78 is 13.6. The normalized spacial score (nSPS) is 11.9. The van der Waals surface area contributed by atoms with Gasteiger partial charge in [0.2, 0.25) is 0 Å². The van der Waals surface area contributed by atoms with Gasteiger partial charge in [-0.25, -0.2) is 4.39 Å². The van der Waals surface area contributed by atoms with Crippen molar-refractivity contribution < 1.29 is 4.39 Å². The summed E-state index contributed by atoms with van der Waals surface area (Å²) in [5.41, 5.74) is 2.90. The van der Waals surface area contributed by atoms with Gasteiger partial charge in [-0.2, -0.15) is 0 Å². The number of halogens is 1. The lowest BCUT2D eigenvalue weighted by Crippen LogP contribution is -2.12. The standard InChI is InChI=1S/C13H19F/c1-6-10-8-11(13(3,4)5)7-9(2)12(10)14/h7-8H,6H2,1-5H3. The summed E-state index contributed by atoms with van der Waals surface area (Å²) in [5.74, 6) is -0.0412. The van der Waals surface area contributed by atoms with E-state index in [9.17, 15) is 4.39 Å². The highest BCUT2D eigenvalue weighted by Gasteiger charge is 2.16. The quantitative estimate of drug-likeness (QED) is 0.634. The van der Waals surface area contributed by atoms with Crippen LogP contribution in [0.2, 0.25) is 0 Å². The molecule has 0 saturated heterocycles. The van der Waals surface area contributed by atoms with Crippen molar-refractivity contribution >= 4 is 0 Å². The molecule has 0 fully saturated rings. The lowest BCUT2D eigenvalue weighted by atomic mass is 9.84. The van der Waals surface area contributed by atoms with Crippen LogP contribution in [0, 0.1) is 12.7 Å². The molecular formula is C13H19F. The number of hydrogen-bond acceptors (Lipinski definition) is 0. The molecule has 0 amide bonds. The maximum Gasteiger partial charge on any atom is 0.129 e. The van der Waals surface area contributed by atoms with Crippen molar-refractivity contribution in [3.8, 4) is 0 Å². The van der Waals surface area contributed by atoms with Crippen LogP contribution in [-0.4, -0.2) is 0 Å².